The minimum atomic E-state index is -0.465. The highest BCUT2D eigenvalue weighted by atomic mass is 16.5. The third-order valence-corrected chi connectivity index (χ3v) is 2.85. The molecule has 0 unspecified atom stereocenters. The molecule has 0 radical (unpaired) electrons. The first kappa shape index (κ1) is 13.3. The fourth-order valence-electron chi connectivity index (χ4n) is 1.87. The number of primary amides is 1. The first-order valence-electron chi connectivity index (χ1n) is 6.24. The van der Waals surface area contributed by atoms with Gasteiger partial charge in [-0.15, -0.1) is 0 Å². The molecular weight excluding hydrogens is 242 g/mol. The molecule has 0 aliphatic rings. The van der Waals surface area contributed by atoms with Gasteiger partial charge < -0.3 is 16.2 Å². The summed E-state index contributed by atoms with van der Waals surface area (Å²) in [5.41, 5.74) is 12.0. The number of hydrogen-bond donors (Lipinski definition) is 2. The zero-order valence-electron chi connectivity index (χ0n) is 10.6. The summed E-state index contributed by atoms with van der Waals surface area (Å²) in [6, 6.07) is 7.07. The largest absolute Gasteiger partial charge is 0.494 e. The zero-order valence-corrected chi connectivity index (χ0v) is 10.6. The molecule has 2 rings (SSSR count). The lowest BCUT2D eigenvalue weighted by Gasteiger charge is -2.08. The van der Waals surface area contributed by atoms with E-state index in [1.807, 2.05) is 12.1 Å². The number of fused-ring (bicyclic) bond motifs is 1. The standard InChI is InChI=1S/C14H17N3O2/c15-6-1-2-8-19-10-3-4-13-12(9-10)11(14(16)18)5-7-17-13/h3-5,7,9H,1-2,6,8,15H2,(H2,16,18). The van der Waals surface area contributed by atoms with Crippen molar-refractivity contribution in [3.8, 4) is 5.75 Å². The molecule has 5 heteroatoms. The van der Waals surface area contributed by atoms with E-state index >= 15 is 0 Å². The summed E-state index contributed by atoms with van der Waals surface area (Å²) < 4.78 is 5.62. The molecule has 0 saturated carbocycles. The second-order valence-electron chi connectivity index (χ2n) is 4.25. The highest BCUT2D eigenvalue weighted by Crippen LogP contribution is 2.22. The van der Waals surface area contributed by atoms with Gasteiger partial charge in [0.15, 0.2) is 0 Å². The van der Waals surface area contributed by atoms with E-state index in [9.17, 15) is 4.79 Å². The summed E-state index contributed by atoms with van der Waals surface area (Å²) in [7, 11) is 0. The van der Waals surface area contributed by atoms with Crippen molar-refractivity contribution in [2.45, 2.75) is 12.8 Å². The predicted molar refractivity (Wildman–Crippen MR) is 74.0 cm³/mol. The van der Waals surface area contributed by atoms with Crippen LogP contribution in [0.2, 0.25) is 0 Å². The monoisotopic (exact) mass is 259 g/mol. The van der Waals surface area contributed by atoms with Gasteiger partial charge in [0.05, 0.1) is 17.7 Å². The van der Waals surface area contributed by atoms with E-state index in [1.165, 1.54) is 0 Å². The van der Waals surface area contributed by atoms with Crippen LogP contribution in [0.1, 0.15) is 23.2 Å². The fourth-order valence-corrected chi connectivity index (χ4v) is 1.87. The number of unbranched alkanes of at least 4 members (excludes halogenated alkanes) is 1. The van der Waals surface area contributed by atoms with Crippen molar-refractivity contribution < 1.29 is 9.53 Å². The molecule has 0 aliphatic carbocycles. The third-order valence-electron chi connectivity index (χ3n) is 2.85. The van der Waals surface area contributed by atoms with Crippen molar-refractivity contribution >= 4 is 16.8 Å². The Morgan fingerprint density at radius 1 is 1.26 bits per heavy atom. The molecule has 2 aromatic rings. The second kappa shape index (κ2) is 6.15. The van der Waals surface area contributed by atoms with Crippen LogP contribution >= 0.6 is 0 Å². The van der Waals surface area contributed by atoms with Crippen LogP contribution in [0, 0.1) is 0 Å². The number of hydrogen-bond acceptors (Lipinski definition) is 4. The normalized spacial score (nSPS) is 10.6. The number of nitrogens with zero attached hydrogens (tertiary/aromatic N) is 1. The molecule has 1 amide bonds. The summed E-state index contributed by atoms with van der Waals surface area (Å²) in [6.45, 7) is 1.27. The van der Waals surface area contributed by atoms with Gasteiger partial charge >= 0.3 is 0 Å². The van der Waals surface area contributed by atoms with Crippen molar-refractivity contribution in [3.63, 3.8) is 0 Å². The van der Waals surface area contributed by atoms with E-state index in [2.05, 4.69) is 4.98 Å². The number of aromatic nitrogens is 1. The summed E-state index contributed by atoms with van der Waals surface area (Å²) in [5.74, 6) is 0.243. The number of amides is 1. The lowest BCUT2D eigenvalue weighted by atomic mass is 10.1. The van der Waals surface area contributed by atoms with E-state index < -0.39 is 5.91 Å². The molecule has 4 N–H and O–H groups in total. The predicted octanol–water partition coefficient (Wildman–Crippen LogP) is 1.45. The Bertz CT molecular complexity index is 584. The summed E-state index contributed by atoms with van der Waals surface area (Å²) >= 11 is 0. The molecule has 1 aromatic heterocycles. The molecule has 100 valence electrons. The summed E-state index contributed by atoms with van der Waals surface area (Å²) in [5, 5.41) is 0.714. The molecular formula is C14H17N3O2. The number of carbonyl (C=O) groups is 1. The van der Waals surface area contributed by atoms with Gasteiger partial charge in [0, 0.05) is 11.6 Å². The maximum absolute atomic E-state index is 11.4. The molecule has 0 bridgehead atoms. The maximum atomic E-state index is 11.4. The lowest BCUT2D eigenvalue weighted by Crippen LogP contribution is -2.11. The van der Waals surface area contributed by atoms with Gasteiger partial charge in [0.1, 0.15) is 5.75 Å². The van der Waals surface area contributed by atoms with Gasteiger partial charge in [-0.2, -0.15) is 0 Å². The molecule has 0 atom stereocenters. The smallest absolute Gasteiger partial charge is 0.249 e. The van der Waals surface area contributed by atoms with Crippen LogP contribution in [-0.4, -0.2) is 24.0 Å². The quantitative estimate of drug-likeness (QED) is 0.768. The van der Waals surface area contributed by atoms with Crippen molar-refractivity contribution in [2.24, 2.45) is 11.5 Å². The van der Waals surface area contributed by atoms with E-state index in [4.69, 9.17) is 16.2 Å². The van der Waals surface area contributed by atoms with Crippen molar-refractivity contribution in [1.29, 1.82) is 0 Å². The molecule has 1 aromatic carbocycles. The van der Waals surface area contributed by atoms with E-state index in [0.717, 1.165) is 18.4 Å². The zero-order chi connectivity index (χ0) is 13.7. The first-order chi connectivity index (χ1) is 9.22. The van der Waals surface area contributed by atoms with Crippen molar-refractivity contribution in [3.05, 3.63) is 36.0 Å². The molecule has 1 heterocycles. The molecule has 0 saturated heterocycles. The van der Waals surface area contributed by atoms with Gasteiger partial charge in [0.25, 0.3) is 0 Å². The average Bonchev–Trinajstić information content (AvgIpc) is 2.42. The lowest BCUT2D eigenvalue weighted by molar-refractivity contribution is 0.100. The minimum Gasteiger partial charge on any atom is -0.494 e. The highest BCUT2D eigenvalue weighted by molar-refractivity contribution is 6.05. The van der Waals surface area contributed by atoms with Gasteiger partial charge in [-0.05, 0) is 43.7 Å². The average molecular weight is 259 g/mol. The Morgan fingerprint density at radius 2 is 2.11 bits per heavy atom. The topological polar surface area (TPSA) is 91.2 Å². The van der Waals surface area contributed by atoms with Crippen LogP contribution in [0.3, 0.4) is 0 Å². The summed E-state index contributed by atoms with van der Waals surface area (Å²) in [6.07, 6.45) is 3.41. The van der Waals surface area contributed by atoms with Crippen molar-refractivity contribution in [2.75, 3.05) is 13.2 Å². The molecule has 19 heavy (non-hydrogen) atoms. The SMILES string of the molecule is NCCCCOc1ccc2nccc(C(N)=O)c2c1. The number of carbonyl (C=O) groups excluding carboxylic acids is 1. The van der Waals surface area contributed by atoms with Crippen LogP contribution < -0.4 is 16.2 Å². The van der Waals surface area contributed by atoms with E-state index in [1.54, 1.807) is 18.3 Å². The van der Waals surface area contributed by atoms with Crippen LogP contribution in [0.5, 0.6) is 5.75 Å². The molecule has 5 nitrogen and oxygen atoms in total. The number of benzene rings is 1. The van der Waals surface area contributed by atoms with Crippen LogP contribution in [0.4, 0.5) is 0 Å². The van der Waals surface area contributed by atoms with E-state index in [0.29, 0.717) is 29.9 Å². The number of rotatable bonds is 6. The minimum absolute atomic E-state index is 0.456. The van der Waals surface area contributed by atoms with Gasteiger partial charge in [0.2, 0.25) is 5.91 Å². The molecule has 0 aliphatic heterocycles. The van der Waals surface area contributed by atoms with Crippen LogP contribution in [-0.2, 0) is 0 Å². The Balaban J connectivity index is 2.23. The molecule has 0 fully saturated rings. The van der Waals surface area contributed by atoms with Gasteiger partial charge in [-0.25, -0.2) is 0 Å². The Labute approximate surface area is 111 Å². The van der Waals surface area contributed by atoms with Crippen LogP contribution in [0.25, 0.3) is 10.9 Å². The van der Waals surface area contributed by atoms with Gasteiger partial charge in [-0.1, -0.05) is 0 Å². The second-order valence-corrected chi connectivity index (χ2v) is 4.25. The summed E-state index contributed by atoms with van der Waals surface area (Å²) in [4.78, 5) is 15.6. The van der Waals surface area contributed by atoms with Crippen LogP contribution in [0.15, 0.2) is 30.5 Å². The first-order valence-corrected chi connectivity index (χ1v) is 6.24. The highest BCUT2D eigenvalue weighted by Gasteiger charge is 2.08. The van der Waals surface area contributed by atoms with Gasteiger partial charge in [-0.3, -0.25) is 9.78 Å². The Morgan fingerprint density at radius 3 is 2.84 bits per heavy atom. The third kappa shape index (κ3) is 3.20. The number of ether oxygens (including phenoxy) is 1. The maximum Gasteiger partial charge on any atom is 0.249 e. The molecule has 0 spiro atoms. The fraction of sp³-hybridized carbons (Fsp3) is 0.286. The Hall–Kier alpha value is -2.14. The number of pyridine rings is 1. The number of nitrogens with two attached hydrogens (primary N) is 2. The Kier molecular flexibility index (Phi) is 4.30. The van der Waals surface area contributed by atoms with Crippen molar-refractivity contribution in [1.82, 2.24) is 4.98 Å². The van der Waals surface area contributed by atoms with E-state index in [-0.39, 0.29) is 0 Å².